The van der Waals surface area contributed by atoms with E-state index in [4.69, 9.17) is 0 Å². The average Bonchev–Trinajstić information content (AvgIpc) is 2.56. The Balaban J connectivity index is 1.56. The Morgan fingerprint density at radius 3 is 2.91 bits per heavy atom. The van der Waals surface area contributed by atoms with Crippen molar-refractivity contribution in [2.45, 2.75) is 43.5 Å². The first-order valence-electron chi connectivity index (χ1n) is 8.46. The number of amides is 1. The zero-order valence-electron chi connectivity index (χ0n) is 13.3. The third kappa shape index (κ3) is 3.85. The molecule has 2 heterocycles. The second kappa shape index (κ2) is 7.51. The minimum atomic E-state index is 0.199. The lowest BCUT2D eigenvalue weighted by Crippen LogP contribution is -2.35. The van der Waals surface area contributed by atoms with Gasteiger partial charge in [0.15, 0.2) is 0 Å². The van der Waals surface area contributed by atoms with Gasteiger partial charge in [-0.1, -0.05) is 25.1 Å². The molecule has 1 aromatic rings. The molecule has 0 radical (unpaired) electrons. The van der Waals surface area contributed by atoms with Crippen molar-refractivity contribution in [3.63, 3.8) is 0 Å². The molecule has 1 fully saturated rings. The van der Waals surface area contributed by atoms with Crippen LogP contribution in [0.25, 0.3) is 0 Å². The molecule has 2 aliphatic rings. The van der Waals surface area contributed by atoms with Crippen LogP contribution in [-0.2, 0) is 4.79 Å². The number of rotatable bonds is 4. The summed E-state index contributed by atoms with van der Waals surface area (Å²) in [5, 5.41) is 6.67. The molecule has 22 heavy (non-hydrogen) atoms. The highest BCUT2D eigenvalue weighted by Gasteiger charge is 2.25. The molecule has 1 aromatic carbocycles. The first kappa shape index (κ1) is 15.9. The molecule has 4 heteroatoms. The van der Waals surface area contributed by atoms with E-state index in [1.165, 1.54) is 23.3 Å². The number of hydrogen-bond donors (Lipinski definition) is 2. The molecule has 3 rings (SSSR count). The number of hydrogen-bond acceptors (Lipinski definition) is 3. The number of carbonyl (C=O) groups is 1. The lowest BCUT2D eigenvalue weighted by molar-refractivity contribution is -0.123. The minimum absolute atomic E-state index is 0.199. The summed E-state index contributed by atoms with van der Waals surface area (Å²) in [6, 6.07) is 8.67. The zero-order chi connectivity index (χ0) is 15.4. The fourth-order valence-electron chi connectivity index (χ4n) is 3.62. The molecule has 0 bridgehead atoms. The Kier molecular flexibility index (Phi) is 5.42. The number of piperidine rings is 1. The number of fused-ring (bicyclic) bond motifs is 1. The monoisotopic (exact) mass is 318 g/mol. The third-order valence-electron chi connectivity index (χ3n) is 4.99. The van der Waals surface area contributed by atoms with Gasteiger partial charge in [-0.15, -0.1) is 11.8 Å². The van der Waals surface area contributed by atoms with Crippen LogP contribution in [0, 0.1) is 11.8 Å². The van der Waals surface area contributed by atoms with Crippen LogP contribution in [0.2, 0.25) is 0 Å². The summed E-state index contributed by atoms with van der Waals surface area (Å²) >= 11 is 1.90. The summed E-state index contributed by atoms with van der Waals surface area (Å²) < 4.78 is 0. The van der Waals surface area contributed by atoms with E-state index >= 15 is 0 Å². The number of carbonyl (C=O) groups excluding carboxylic acids is 1. The van der Waals surface area contributed by atoms with Gasteiger partial charge in [-0.05, 0) is 55.8 Å². The van der Waals surface area contributed by atoms with Gasteiger partial charge >= 0.3 is 0 Å². The van der Waals surface area contributed by atoms with Gasteiger partial charge < -0.3 is 10.6 Å². The molecule has 0 aliphatic carbocycles. The van der Waals surface area contributed by atoms with Gasteiger partial charge in [0.25, 0.3) is 0 Å². The van der Waals surface area contributed by atoms with Crippen LogP contribution in [0.5, 0.6) is 0 Å². The van der Waals surface area contributed by atoms with Crippen molar-refractivity contribution in [2.75, 3.05) is 18.8 Å². The smallest absolute Gasteiger partial charge is 0.220 e. The number of thioether (sulfide) groups is 1. The highest BCUT2D eigenvalue weighted by Crippen LogP contribution is 2.36. The summed E-state index contributed by atoms with van der Waals surface area (Å²) in [4.78, 5) is 13.8. The van der Waals surface area contributed by atoms with E-state index in [9.17, 15) is 4.79 Å². The topological polar surface area (TPSA) is 41.1 Å². The second-order valence-corrected chi connectivity index (χ2v) is 7.70. The summed E-state index contributed by atoms with van der Waals surface area (Å²) in [6.45, 7) is 4.44. The van der Waals surface area contributed by atoms with E-state index in [1.54, 1.807) is 0 Å². The van der Waals surface area contributed by atoms with Crippen molar-refractivity contribution in [1.82, 2.24) is 10.6 Å². The van der Waals surface area contributed by atoms with Crippen molar-refractivity contribution < 1.29 is 4.79 Å². The SMILES string of the molecule is CC(CC(=O)NC1CCSc2ccccc21)C1CCNCC1. The summed E-state index contributed by atoms with van der Waals surface area (Å²) in [6.07, 6.45) is 4.11. The van der Waals surface area contributed by atoms with Gasteiger partial charge in [0, 0.05) is 17.1 Å². The van der Waals surface area contributed by atoms with Crippen LogP contribution in [0.1, 0.15) is 44.2 Å². The van der Waals surface area contributed by atoms with Crippen LogP contribution in [0.15, 0.2) is 29.2 Å². The maximum atomic E-state index is 12.4. The predicted octanol–water partition coefficient (Wildman–Crippen LogP) is 3.37. The molecular formula is C18H26N2OS. The maximum absolute atomic E-state index is 12.4. The summed E-state index contributed by atoms with van der Waals surface area (Å²) in [5.74, 6) is 2.49. The fraction of sp³-hybridized carbons (Fsp3) is 0.611. The van der Waals surface area contributed by atoms with Crippen molar-refractivity contribution in [3.8, 4) is 0 Å². The van der Waals surface area contributed by atoms with E-state index in [2.05, 4.69) is 41.8 Å². The third-order valence-corrected chi connectivity index (χ3v) is 6.11. The zero-order valence-corrected chi connectivity index (χ0v) is 14.1. The standard InChI is InChI=1S/C18H26N2OS/c1-13(14-6-9-19-10-7-14)12-18(21)20-16-8-11-22-17-5-3-2-4-15(16)17/h2-5,13-14,16,19H,6-12H2,1H3,(H,20,21). The van der Waals surface area contributed by atoms with E-state index in [0.29, 0.717) is 18.3 Å². The Hall–Kier alpha value is -1.00. The van der Waals surface area contributed by atoms with Gasteiger partial charge in [-0.3, -0.25) is 4.79 Å². The van der Waals surface area contributed by atoms with Crippen molar-refractivity contribution in [3.05, 3.63) is 29.8 Å². The summed E-state index contributed by atoms with van der Waals surface area (Å²) in [5.41, 5.74) is 1.29. The lowest BCUT2D eigenvalue weighted by Gasteiger charge is -2.29. The van der Waals surface area contributed by atoms with Crippen molar-refractivity contribution in [2.24, 2.45) is 11.8 Å². The molecule has 0 aromatic heterocycles. The maximum Gasteiger partial charge on any atom is 0.220 e. The Bertz CT molecular complexity index is 514. The molecule has 1 amide bonds. The van der Waals surface area contributed by atoms with Gasteiger partial charge in [0.1, 0.15) is 0 Å². The van der Waals surface area contributed by atoms with Crippen LogP contribution in [0.3, 0.4) is 0 Å². The van der Waals surface area contributed by atoms with Crippen molar-refractivity contribution >= 4 is 17.7 Å². The van der Waals surface area contributed by atoms with Crippen LogP contribution < -0.4 is 10.6 Å². The molecule has 3 nitrogen and oxygen atoms in total. The van der Waals surface area contributed by atoms with E-state index < -0.39 is 0 Å². The first-order valence-corrected chi connectivity index (χ1v) is 9.44. The molecule has 2 atom stereocenters. The van der Waals surface area contributed by atoms with Crippen molar-refractivity contribution in [1.29, 1.82) is 0 Å². The highest BCUT2D eigenvalue weighted by molar-refractivity contribution is 7.99. The molecule has 0 spiro atoms. The van der Waals surface area contributed by atoms with E-state index in [0.717, 1.165) is 25.3 Å². The number of nitrogens with one attached hydrogen (secondary N) is 2. The van der Waals surface area contributed by atoms with E-state index in [-0.39, 0.29) is 11.9 Å². The Labute approximate surface area is 137 Å². The van der Waals surface area contributed by atoms with Crippen LogP contribution >= 0.6 is 11.8 Å². The Morgan fingerprint density at radius 1 is 1.32 bits per heavy atom. The normalized spacial score (nSPS) is 23.6. The highest BCUT2D eigenvalue weighted by atomic mass is 32.2. The molecule has 2 N–H and O–H groups in total. The molecule has 0 saturated carbocycles. The minimum Gasteiger partial charge on any atom is -0.349 e. The second-order valence-electron chi connectivity index (χ2n) is 6.56. The van der Waals surface area contributed by atoms with Crippen LogP contribution in [0.4, 0.5) is 0 Å². The van der Waals surface area contributed by atoms with Gasteiger partial charge in [-0.2, -0.15) is 0 Å². The van der Waals surface area contributed by atoms with Gasteiger partial charge in [0.05, 0.1) is 6.04 Å². The first-order chi connectivity index (χ1) is 10.7. The fourth-order valence-corrected chi connectivity index (χ4v) is 4.74. The summed E-state index contributed by atoms with van der Waals surface area (Å²) in [7, 11) is 0. The predicted molar refractivity (Wildman–Crippen MR) is 92.0 cm³/mol. The number of benzene rings is 1. The quantitative estimate of drug-likeness (QED) is 0.894. The average molecular weight is 318 g/mol. The lowest BCUT2D eigenvalue weighted by atomic mass is 9.84. The molecule has 120 valence electrons. The van der Waals surface area contributed by atoms with Gasteiger partial charge in [-0.25, -0.2) is 0 Å². The van der Waals surface area contributed by atoms with Gasteiger partial charge in [0.2, 0.25) is 5.91 Å². The van der Waals surface area contributed by atoms with Crippen LogP contribution in [-0.4, -0.2) is 24.7 Å². The molecule has 2 unspecified atom stereocenters. The molecular weight excluding hydrogens is 292 g/mol. The Morgan fingerprint density at radius 2 is 2.09 bits per heavy atom. The van der Waals surface area contributed by atoms with E-state index in [1.807, 2.05) is 11.8 Å². The largest absolute Gasteiger partial charge is 0.349 e. The molecule has 2 aliphatic heterocycles. The molecule has 1 saturated heterocycles.